The van der Waals surface area contributed by atoms with Crippen LogP contribution < -0.4 is 0 Å². The van der Waals surface area contributed by atoms with E-state index in [1.165, 1.54) is 0 Å². The molecule has 1 N–H and O–H groups in total. The molecule has 3 aromatic rings. The summed E-state index contributed by atoms with van der Waals surface area (Å²) in [5, 5.41) is 17.5. The van der Waals surface area contributed by atoms with Gasteiger partial charge < -0.3 is 9.63 Å². The molecule has 0 saturated carbocycles. The first-order valence-corrected chi connectivity index (χ1v) is 5.81. The van der Waals surface area contributed by atoms with Gasteiger partial charge in [-0.3, -0.25) is 4.68 Å². The molecule has 96 valence electrons. The summed E-state index contributed by atoms with van der Waals surface area (Å²) in [6, 6.07) is 8.79. The predicted octanol–water partition coefficient (Wildman–Crippen LogP) is 1.77. The number of hydrogen-bond acceptors (Lipinski definition) is 5. The second-order valence-electron chi connectivity index (χ2n) is 4.23. The number of aromatic hydroxyl groups is 1. The highest BCUT2D eigenvalue weighted by atomic mass is 16.5. The molecule has 0 amide bonds. The first kappa shape index (κ1) is 11.5. The van der Waals surface area contributed by atoms with Gasteiger partial charge in [0.25, 0.3) is 0 Å². The Morgan fingerprint density at radius 3 is 2.95 bits per heavy atom. The summed E-state index contributed by atoms with van der Waals surface area (Å²) in [5.41, 5.74) is 1.59. The van der Waals surface area contributed by atoms with E-state index in [-0.39, 0.29) is 5.75 Å². The van der Waals surface area contributed by atoms with Crippen molar-refractivity contribution in [1.82, 2.24) is 19.9 Å². The van der Waals surface area contributed by atoms with Crippen molar-refractivity contribution < 1.29 is 9.63 Å². The van der Waals surface area contributed by atoms with Gasteiger partial charge in [-0.05, 0) is 23.8 Å². The maximum atomic E-state index is 9.40. The largest absolute Gasteiger partial charge is 0.508 e. The van der Waals surface area contributed by atoms with Crippen LogP contribution in [0.3, 0.4) is 0 Å². The van der Waals surface area contributed by atoms with Crippen LogP contribution in [0.5, 0.6) is 5.75 Å². The molecule has 0 aliphatic carbocycles. The predicted molar refractivity (Wildman–Crippen MR) is 67.4 cm³/mol. The fourth-order valence-electron chi connectivity index (χ4n) is 1.81. The van der Waals surface area contributed by atoms with Crippen LogP contribution in [-0.4, -0.2) is 25.0 Å². The molecule has 0 radical (unpaired) electrons. The van der Waals surface area contributed by atoms with Crippen LogP contribution in [0.15, 0.2) is 41.1 Å². The fraction of sp³-hybridized carbons (Fsp3) is 0.154. The molecule has 0 unspecified atom stereocenters. The highest BCUT2D eigenvalue weighted by Crippen LogP contribution is 2.17. The normalized spacial score (nSPS) is 10.8. The average Bonchev–Trinajstić information content (AvgIpc) is 2.98. The van der Waals surface area contributed by atoms with E-state index in [2.05, 4.69) is 15.2 Å². The van der Waals surface area contributed by atoms with Gasteiger partial charge in [0.1, 0.15) is 11.4 Å². The molecule has 0 atom stereocenters. The van der Waals surface area contributed by atoms with Crippen molar-refractivity contribution in [3.63, 3.8) is 0 Å². The van der Waals surface area contributed by atoms with Crippen LogP contribution in [0.2, 0.25) is 0 Å². The van der Waals surface area contributed by atoms with Crippen LogP contribution in [0.1, 0.15) is 11.5 Å². The Hall–Kier alpha value is -2.63. The van der Waals surface area contributed by atoms with Crippen molar-refractivity contribution in [3.8, 4) is 17.3 Å². The molecule has 0 aliphatic heterocycles. The first-order valence-electron chi connectivity index (χ1n) is 5.81. The van der Waals surface area contributed by atoms with Gasteiger partial charge in [0, 0.05) is 13.2 Å². The van der Waals surface area contributed by atoms with E-state index in [1.807, 2.05) is 25.4 Å². The topological polar surface area (TPSA) is 77.0 Å². The molecule has 0 aliphatic rings. The molecule has 3 rings (SSSR count). The van der Waals surface area contributed by atoms with E-state index in [0.29, 0.717) is 23.8 Å². The number of benzene rings is 1. The molecule has 0 spiro atoms. The molecule has 19 heavy (non-hydrogen) atoms. The number of phenols is 1. The SMILES string of the molecule is Cn1ccc(-c2noc(Cc3cccc(O)c3)n2)n1. The summed E-state index contributed by atoms with van der Waals surface area (Å²) >= 11 is 0. The summed E-state index contributed by atoms with van der Waals surface area (Å²) in [5.74, 6) is 1.18. The molecule has 0 fully saturated rings. The maximum absolute atomic E-state index is 9.40. The zero-order valence-corrected chi connectivity index (χ0v) is 10.3. The zero-order chi connectivity index (χ0) is 13.2. The van der Waals surface area contributed by atoms with E-state index in [1.54, 1.807) is 22.9 Å². The van der Waals surface area contributed by atoms with Crippen LogP contribution in [0.25, 0.3) is 11.5 Å². The van der Waals surface area contributed by atoms with Crippen LogP contribution in [-0.2, 0) is 13.5 Å². The molecule has 2 aromatic heterocycles. The van der Waals surface area contributed by atoms with E-state index in [4.69, 9.17) is 4.52 Å². The van der Waals surface area contributed by atoms with E-state index < -0.39 is 0 Å². The minimum absolute atomic E-state index is 0.224. The van der Waals surface area contributed by atoms with Gasteiger partial charge in [-0.25, -0.2) is 0 Å². The quantitative estimate of drug-likeness (QED) is 0.772. The van der Waals surface area contributed by atoms with E-state index in [9.17, 15) is 5.11 Å². The highest BCUT2D eigenvalue weighted by Gasteiger charge is 2.11. The highest BCUT2D eigenvalue weighted by molar-refractivity contribution is 5.46. The minimum atomic E-state index is 0.224. The Bertz CT molecular complexity index is 702. The van der Waals surface area contributed by atoms with Crippen molar-refractivity contribution >= 4 is 0 Å². The second kappa shape index (κ2) is 4.56. The molecule has 1 aromatic carbocycles. The molecule has 6 heteroatoms. The van der Waals surface area contributed by atoms with Crippen molar-refractivity contribution in [1.29, 1.82) is 0 Å². The van der Waals surface area contributed by atoms with Gasteiger partial charge >= 0.3 is 0 Å². The van der Waals surface area contributed by atoms with E-state index in [0.717, 1.165) is 5.56 Å². The summed E-state index contributed by atoms with van der Waals surface area (Å²) < 4.78 is 6.86. The molecular formula is C13H12N4O2. The van der Waals surface area contributed by atoms with Crippen molar-refractivity contribution in [3.05, 3.63) is 48.0 Å². The Morgan fingerprint density at radius 1 is 1.32 bits per heavy atom. The number of aryl methyl sites for hydroxylation is 1. The summed E-state index contributed by atoms with van der Waals surface area (Å²) in [4.78, 5) is 4.28. The second-order valence-corrected chi connectivity index (χ2v) is 4.23. The minimum Gasteiger partial charge on any atom is -0.508 e. The van der Waals surface area contributed by atoms with Crippen molar-refractivity contribution in [2.75, 3.05) is 0 Å². The summed E-state index contributed by atoms with van der Waals surface area (Å²) in [7, 11) is 1.83. The maximum Gasteiger partial charge on any atom is 0.231 e. The lowest BCUT2D eigenvalue weighted by Crippen LogP contribution is -1.90. The number of nitrogens with zero attached hydrogens (tertiary/aromatic N) is 4. The summed E-state index contributed by atoms with van der Waals surface area (Å²) in [6.07, 6.45) is 2.30. The Balaban J connectivity index is 1.82. The third-order valence-electron chi connectivity index (χ3n) is 2.68. The lowest BCUT2D eigenvalue weighted by atomic mass is 10.1. The Labute approximate surface area is 109 Å². The van der Waals surface area contributed by atoms with Crippen LogP contribution in [0.4, 0.5) is 0 Å². The number of rotatable bonds is 3. The lowest BCUT2D eigenvalue weighted by Gasteiger charge is -1.96. The average molecular weight is 256 g/mol. The van der Waals surface area contributed by atoms with Gasteiger partial charge in [0.2, 0.25) is 11.7 Å². The monoisotopic (exact) mass is 256 g/mol. The third-order valence-corrected chi connectivity index (χ3v) is 2.68. The molecule has 0 saturated heterocycles. The van der Waals surface area contributed by atoms with Gasteiger partial charge in [-0.2, -0.15) is 10.1 Å². The van der Waals surface area contributed by atoms with Gasteiger partial charge in [-0.15, -0.1) is 0 Å². The molecule has 2 heterocycles. The molecular weight excluding hydrogens is 244 g/mol. The summed E-state index contributed by atoms with van der Waals surface area (Å²) in [6.45, 7) is 0. The van der Waals surface area contributed by atoms with Crippen molar-refractivity contribution in [2.24, 2.45) is 7.05 Å². The van der Waals surface area contributed by atoms with E-state index >= 15 is 0 Å². The third kappa shape index (κ3) is 2.47. The van der Waals surface area contributed by atoms with Crippen molar-refractivity contribution in [2.45, 2.75) is 6.42 Å². The number of aromatic nitrogens is 4. The van der Waals surface area contributed by atoms with Crippen LogP contribution in [0, 0.1) is 0 Å². The smallest absolute Gasteiger partial charge is 0.231 e. The Morgan fingerprint density at radius 2 is 2.21 bits per heavy atom. The van der Waals surface area contributed by atoms with Gasteiger partial charge in [-0.1, -0.05) is 17.3 Å². The first-order chi connectivity index (χ1) is 9.20. The van der Waals surface area contributed by atoms with Crippen LogP contribution >= 0.6 is 0 Å². The number of phenolic OH excluding ortho intramolecular Hbond substituents is 1. The van der Waals surface area contributed by atoms with Gasteiger partial charge in [0.15, 0.2) is 0 Å². The molecule has 0 bridgehead atoms. The zero-order valence-electron chi connectivity index (χ0n) is 10.3. The Kier molecular flexibility index (Phi) is 2.75. The molecule has 6 nitrogen and oxygen atoms in total. The standard InChI is InChI=1S/C13H12N4O2/c1-17-6-5-11(15-17)13-14-12(19-16-13)8-9-3-2-4-10(18)7-9/h2-7,18H,8H2,1H3. The fourth-order valence-corrected chi connectivity index (χ4v) is 1.81. The van der Waals surface area contributed by atoms with Gasteiger partial charge in [0.05, 0.1) is 6.42 Å². The lowest BCUT2D eigenvalue weighted by molar-refractivity contribution is 0.385. The number of hydrogen-bond donors (Lipinski definition) is 1.